The number of halogens is 2. The summed E-state index contributed by atoms with van der Waals surface area (Å²) < 4.78 is 25.8. The summed E-state index contributed by atoms with van der Waals surface area (Å²) >= 11 is 1.54. The van der Waals surface area contributed by atoms with Gasteiger partial charge in [0.1, 0.15) is 4.75 Å². The molecule has 1 heterocycles. The van der Waals surface area contributed by atoms with Crippen LogP contribution in [-0.4, -0.2) is 40.8 Å². The summed E-state index contributed by atoms with van der Waals surface area (Å²) in [7, 11) is 0. The van der Waals surface area contributed by atoms with E-state index in [-0.39, 0.29) is 42.3 Å². The van der Waals surface area contributed by atoms with Crippen LogP contribution in [0.4, 0.5) is 8.78 Å². The van der Waals surface area contributed by atoms with Crippen molar-refractivity contribution < 1.29 is 13.6 Å². The van der Waals surface area contributed by atoms with Gasteiger partial charge in [0.15, 0.2) is 0 Å². The fourth-order valence-corrected chi connectivity index (χ4v) is 3.68. The Balaban J connectivity index is 1.88. The zero-order chi connectivity index (χ0) is 14.8. The van der Waals surface area contributed by atoms with Gasteiger partial charge in [-0.3, -0.25) is 4.79 Å². The minimum atomic E-state index is -2.59. The van der Waals surface area contributed by atoms with Crippen molar-refractivity contribution in [2.75, 3.05) is 19.3 Å². The Bertz CT molecular complexity index is 404. The van der Waals surface area contributed by atoms with Gasteiger partial charge in [0.2, 0.25) is 11.8 Å². The molecule has 1 saturated carbocycles. The quantitative estimate of drug-likeness (QED) is 0.787. The standard InChI is InChI=1S/C14H20F2N2OS/c1-20-13(10-17)6-8-18(9-7-13)12(19)11-2-4-14(15,16)5-3-11/h11H,2-9H2,1H3. The molecular weight excluding hydrogens is 282 g/mol. The number of hydrogen-bond acceptors (Lipinski definition) is 3. The molecule has 1 aliphatic heterocycles. The number of carbonyl (C=O) groups is 1. The fraction of sp³-hybridized carbons (Fsp3) is 0.857. The summed E-state index contributed by atoms with van der Waals surface area (Å²) in [5.74, 6) is -2.83. The first-order valence-corrected chi connectivity index (χ1v) is 8.27. The number of piperidine rings is 1. The number of likely N-dealkylation sites (tertiary alicyclic amines) is 1. The third-order valence-corrected chi connectivity index (χ3v) is 5.82. The monoisotopic (exact) mass is 302 g/mol. The molecule has 0 N–H and O–H groups in total. The number of nitrogens with zero attached hydrogens (tertiary/aromatic N) is 2. The summed E-state index contributed by atoms with van der Waals surface area (Å²) in [6.45, 7) is 1.14. The molecule has 2 aliphatic rings. The summed E-state index contributed by atoms with van der Waals surface area (Å²) in [6, 6.07) is 2.34. The van der Waals surface area contributed by atoms with E-state index in [0.29, 0.717) is 25.9 Å². The van der Waals surface area contributed by atoms with Crippen molar-refractivity contribution in [2.45, 2.75) is 49.2 Å². The molecule has 1 amide bonds. The minimum Gasteiger partial charge on any atom is -0.342 e. The minimum absolute atomic E-state index is 0.00754. The van der Waals surface area contributed by atoms with Gasteiger partial charge in [-0.2, -0.15) is 5.26 Å². The second kappa shape index (κ2) is 5.88. The molecule has 112 valence electrons. The van der Waals surface area contributed by atoms with E-state index in [1.807, 2.05) is 6.26 Å². The third kappa shape index (κ3) is 3.25. The molecule has 0 radical (unpaired) electrons. The molecular formula is C14H20F2N2OS. The molecule has 20 heavy (non-hydrogen) atoms. The maximum absolute atomic E-state index is 13.1. The normalized spacial score (nSPS) is 26.0. The fourth-order valence-electron chi connectivity index (χ4n) is 3.00. The molecule has 1 saturated heterocycles. The lowest BCUT2D eigenvalue weighted by Crippen LogP contribution is -2.47. The van der Waals surface area contributed by atoms with Crippen LogP contribution < -0.4 is 0 Å². The van der Waals surface area contributed by atoms with E-state index in [0.717, 1.165) is 0 Å². The van der Waals surface area contributed by atoms with Crippen LogP contribution in [-0.2, 0) is 4.79 Å². The van der Waals surface area contributed by atoms with Crippen LogP contribution >= 0.6 is 11.8 Å². The summed E-state index contributed by atoms with van der Waals surface area (Å²) in [5.41, 5.74) is 0. The van der Waals surface area contributed by atoms with E-state index < -0.39 is 5.92 Å². The highest BCUT2D eigenvalue weighted by Crippen LogP contribution is 2.38. The Hall–Kier alpha value is -0.830. The van der Waals surface area contributed by atoms with Gasteiger partial charge in [0.25, 0.3) is 0 Å². The zero-order valence-electron chi connectivity index (χ0n) is 11.7. The van der Waals surface area contributed by atoms with E-state index in [1.165, 1.54) is 0 Å². The summed E-state index contributed by atoms with van der Waals surface area (Å²) in [4.78, 5) is 14.1. The summed E-state index contributed by atoms with van der Waals surface area (Å²) in [5, 5.41) is 9.22. The first-order valence-electron chi connectivity index (χ1n) is 7.04. The van der Waals surface area contributed by atoms with Crippen molar-refractivity contribution in [1.82, 2.24) is 4.90 Å². The molecule has 0 atom stereocenters. The molecule has 0 aromatic carbocycles. The van der Waals surface area contributed by atoms with Gasteiger partial charge in [0.05, 0.1) is 6.07 Å². The van der Waals surface area contributed by atoms with Crippen molar-refractivity contribution in [3.8, 4) is 6.07 Å². The largest absolute Gasteiger partial charge is 0.342 e. The van der Waals surface area contributed by atoms with Crippen molar-refractivity contribution in [3.63, 3.8) is 0 Å². The Morgan fingerprint density at radius 3 is 2.25 bits per heavy atom. The number of carbonyl (C=O) groups excluding carboxylic acids is 1. The average molecular weight is 302 g/mol. The highest BCUT2D eigenvalue weighted by atomic mass is 32.2. The second-order valence-corrected chi connectivity index (χ2v) is 6.96. The van der Waals surface area contributed by atoms with E-state index in [2.05, 4.69) is 6.07 Å². The number of alkyl halides is 2. The Kier molecular flexibility index (Phi) is 4.58. The number of amides is 1. The van der Waals surface area contributed by atoms with Crippen LogP contribution in [0.3, 0.4) is 0 Å². The summed E-state index contributed by atoms with van der Waals surface area (Å²) in [6.07, 6.45) is 3.47. The SMILES string of the molecule is CSC1(C#N)CCN(C(=O)C2CCC(F)(F)CC2)CC1. The molecule has 0 aromatic heterocycles. The van der Waals surface area contributed by atoms with Gasteiger partial charge >= 0.3 is 0 Å². The van der Waals surface area contributed by atoms with Crippen molar-refractivity contribution in [2.24, 2.45) is 5.92 Å². The Morgan fingerprint density at radius 1 is 1.25 bits per heavy atom. The number of hydrogen-bond donors (Lipinski definition) is 0. The first kappa shape index (κ1) is 15.6. The van der Waals surface area contributed by atoms with Crippen molar-refractivity contribution in [3.05, 3.63) is 0 Å². The smallest absolute Gasteiger partial charge is 0.248 e. The van der Waals surface area contributed by atoms with Crippen LogP contribution in [0.5, 0.6) is 0 Å². The molecule has 3 nitrogen and oxygen atoms in total. The molecule has 0 aromatic rings. The predicted molar refractivity (Wildman–Crippen MR) is 74.6 cm³/mol. The van der Waals surface area contributed by atoms with Gasteiger partial charge in [-0.15, -0.1) is 11.8 Å². The average Bonchev–Trinajstić information content (AvgIpc) is 2.47. The molecule has 2 rings (SSSR count). The Morgan fingerprint density at radius 2 is 1.80 bits per heavy atom. The third-order valence-electron chi connectivity index (χ3n) is 4.54. The van der Waals surface area contributed by atoms with E-state index in [9.17, 15) is 18.8 Å². The van der Waals surface area contributed by atoms with Crippen LogP contribution in [0, 0.1) is 17.2 Å². The van der Waals surface area contributed by atoms with Crippen LogP contribution in [0.25, 0.3) is 0 Å². The molecule has 1 aliphatic carbocycles. The number of thioether (sulfide) groups is 1. The molecule has 2 fully saturated rings. The lowest BCUT2D eigenvalue weighted by molar-refractivity contribution is -0.140. The van der Waals surface area contributed by atoms with Crippen LogP contribution in [0.1, 0.15) is 38.5 Å². The lowest BCUT2D eigenvalue weighted by Gasteiger charge is -2.38. The van der Waals surface area contributed by atoms with Gasteiger partial charge in [-0.25, -0.2) is 8.78 Å². The predicted octanol–water partition coefficient (Wildman–Crippen LogP) is 3.06. The molecule has 0 bridgehead atoms. The van der Waals surface area contributed by atoms with Gasteiger partial charge < -0.3 is 4.90 Å². The topological polar surface area (TPSA) is 44.1 Å². The number of nitriles is 1. The van der Waals surface area contributed by atoms with Gasteiger partial charge in [-0.1, -0.05) is 0 Å². The molecule has 6 heteroatoms. The Labute approximate surface area is 122 Å². The maximum Gasteiger partial charge on any atom is 0.248 e. The van der Waals surface area contributed by atoms with Crippen molar-refractivity contribution >= 4 is 17.7 Å². The highest BCUT2D eigenvalue weighted by Gasteiger charge is 2.41. The van der Waals surface area contributed by atoms with E-state index in [4.69, 9.17) is 0 Å². The number of rotatable bonds is 2. The first-order chi connectivity index (χ1) is 9.41. The lowest BCUT2D eigenvalue weighted by atomic mass is 9.85. The molecule has 0 unspecified atom stereocenters. The van der Waals surface area contributed by atoms with Crippen LogP contribution in [0.2, 0.25) is 0 Å². The second-order valence-electron chi connectivity index (χ2n) is 5.77. The van der Waals surface area contributed by atoms with Gasteiger partial charge in [-0.05, 0) is 31.9 Å². The highest BCUT2D eigenvalue weighted by molar-refractivity contribution is 8.00. The van der Waals surface area contributed by atoms with Gasteiger partial charge in [0, 0.05) is 31.8 Å². The van der Waals surface area contributed by atoms with E-state index in [1.54, 1.807) is 16.7 Å². The van der Waals surface area contributed by atoms with Crippen molar-refractivity contribution in [1.29, 1.82) is 5.26 Å². The van der Waals surface area contributed by atoms with E-state index >= 15 is 0 Å². The zero-order valence-corrected chi connectivity index (χ0v) is 12.5. The molecule has 0 spiro atoms. The maximum atomic E-state index is 13.1. The van der Waals surface area contributed by atoms with Crippen LogP contribution in [0.15, 0.2) is 0 Å².